The van der Waals surface area contributed by atoms with Crippen LogP contribution in [-0.2, 0) is 14.4 Å². The number of ether oxygens (including phenoxy) is 1. The van der Waals surface area contributed by atoms with Crippen molar-refractivity contribution < 1.29 is 24.2 Å². The van der Waals surface area contributed by atoms with Crippen molar-refractivity contribution >= 4 is 17.8 Å². The van der Waals surface area contributed by atoms with E-state index < -0.39 is 12.1 Å². The average molecular weight is 360 g/mol. The van der Waals surface area contributed by atoms with Crippen molar-refractivity contribution in [2.75, 3.05) is 19.6 Å². The SMILES string of the molecule is O=C(O)CCN1CCC(c2ccc(O[C@H]3CCC(=O)NC3=O)cc2)CC1. The maximum Gasteiger partial charge on any atom is 0.304 e. The van der Waals surface area contributed by atoms with Gasteiger partial charge < -0.3 is 14.7 Å². The topological polar surface area (TPSA) is 95.9 Å². The molecule has 2 saturated heterocycles. The molecule has 2 aliphatic rings. The van der Waals surface area contributed by atoms with E-state index >= 15 is 0 Å². The summed E-state index contributed by atoms with van der Waals surface area (Å²) in [6.07, 6.45) is 2.30. The number of carbonyl (C=O) groups is 3. The predicted octanol–water partition coefficient (Wildman–Crippen LogP) is 1.52. The number of aliphatic carboxylic acids is 1. The van der Waals surface area contributed by atoms with Crippen molar-refractivity contribution in [1.82, 2.24) is 10.2 Å². The van der Waals surface area contributed by atoms with E-state index in [0.717, 1.165) is 25.9 Å². The van der Waals surface area contributed by atoms with E-state index in [-0.39, 0.29) is 18.2 Å². The monoisotopic (exact) mass is 360 g/mol. The first-order valence-corrected chi connectivity index (χ1v) is 9.06. The van der Waals surface area contributed by atoms with E-state index in [0.29, 0.717) is 31.1 Å². The maximum atomic E-state index is 11.8. The molecule has 0 aromatic heterocycles. The molecule has 7 heteroatoms. The highest BCUT2D eigenvalue weighted by Crippen LogP contribution is 2.29. The van der Waals surface area contributed by atoms with Crippen LogP contribution in [0.4, 0.5) is 0 Å². The van der Waals surface area contributed by atoms with E-state index in [1.165, 1.54) is 5.56 Å². The summed E-state index contributed by atoms with van der Waals surface area (Å²) in [7, 11) is 0. The van der Waals surface area contributed by atoms with Gasteiger partial charge in [0.2, 0.25) is 5.91 Å². The third kappa shape index (κ3) is 4.82. The number of hydrogen-bond acceptors (Lipinski definition) is 5. The molecule has 0 saturated carbocycles. The summed E-state index contributed by atoms with van der Waals surface area (Å²) in [5.41, 5.74) is 1.23. The number of imide groups is 1. The van der Waals surface area contributed by atoms with Crippen LogP contribution in [0.3, 0.4) is 0 Å². The standard InChI is InChI=1S/C19H24N2O5/c22-17-6-5-16(19(25)20-17)26-15-3-1-13(2-4-15)14-7-10-21(11-8-14)12-9-18(23)24/h1-4,14,16H,5-12H2,(H,23,24)(H,20,22,25)/t16-/m0/s1. The minimum Gasteiger partial charge on any atom is -0.481 e. The fourth-order valence-corrected chi connectivity index (χ4v) is 3.51. The highest BCUT2D eigenvalue weighted by atomic mass is 16.5. The fraction of sp³-hybridized carbons (Fsp3) is 0.526. The lowest BCUT2D eigenvalue weighted by Gasteiger charge is -2.32. The largest absolute Gasteiger partial charge is 0.481 e. The van der Waals surface area contributed by atoms with Gasteiger partial charge in [0.05, 0.1) is 6.42 Å². The van der Waals surface area contributed by atoms with Crippen LogP contribution in [0.2, 0.25) is 0 Å². The Morgan fingerprint density at radius 3 is 2.46 bits per heavy atom. The average Bonchev–Trinajstić information content (AvgIpc) is 2.63. The molecule has 0 unspecified atom stereocenters. The van der Waals surface area contributed by atoms with Gasteiger partial charge in [-0.1, -0.05) is 12.1 Å². The highest BCUT2D eigenvalue weighted by molar-refractivity contribution is 5.99. The first-order chi connectivity index (χ1) is 12.5. The highest BCUT2D eigenvalue weighted by Gasteiger charge is 2.28. The molecule has 2 aliphatic heterocycles. The molecule has 1 aromatic carbocycles. The van der Waals surface area contributed by atoms with Gasteiger partial charge in [0.15, 0.2) is 6.10 Å². The maximum absolute atomic E-state index is 11.8. The number of hydrogen-bond donors (Lipinski definition) is 2. The van der Waals surface area contributed by atoms with Gasteiger partial charge >= 0.3 is 5.97 Å². The van der Waals surface area contributed by atoms with Crippen LogP contribution < -0.4 is 10.1 Å². The van der Waals surface area contributed by atoms with Crippen LogP contribution in [0.5, 0.6) is 5.75 Å². The molecule has 1 aromatic rings. The van der Waals surface area contributed by atoms with Crippen molar-refractivity contribution in [1.29, 1.82) is 0 Å². The number of likely N-dealkylation sites (tertiary alicyclic amines) is 1. The molecular weight excluding hydrogens is 336 g/mol. The molecule has 7 nitrogen and oxygen atoms in total. The summed E-state index contributed by atoms with van der Waals surface area (Å²) in [4.78, 5) is 35.8. The molecule has 0 radical (unpaired) electrons. The smallest absolute Gasteiger partial charge is 0.304 e. The molecular formula is C19H24N2O5. The summed E-state index contributed by atoms with van der Waals surface area (Å²) >= 11 is 0. The Morgan fingerprint density at radius 1 is 1.15 bits per heavy atom. The minimum atomic E-state index is -0.751. The lowest BCUT2D eigenvalue weighted by molar-refractivity contribution is -0.139. The molecule has 2 fully saturated rings. The molecule has 2 N–H and O–H groups in total. The van der Waals surface area contributed by atoms with Crippen molar-refractivity contribution in [3.05, 3.63) is 29.8 Å². The molecule has 3 rings (SSSR count). The number of carbonyl (C=O) groups excluding carboxylic acids is 2. The number of piperidine rings is 2. The third-order valence-electron chi connectivity index (χ3n) is 5.05. The number of benzene rings is 1. The van der Waals surface area contributed by atoms with Crippen LogP contribution in [0.1, 0.15) is 43.6 Å². The lowest BCUT2D eigenvalue weighted by Crippen LogP contribution is -2.46. The number of carboxylic acids is 1. The number of nitrogens with zero attached hydrogens (tertiary/aromatic N) is 1. The Morgan fingerprint density at radius 2 is 1.85 bits per heavy atom. The second kappa shape index (κ2) is 8.31. The van der Waals surface area contributed by atoms with Gasteiger partial charge in [0.25, 0.3) is 5.91 Å². The Bertz CT molecular complexity index is 665. The van der Waals surface area contributed by atoms with Crippen LogP contribution in [0.25, 0.3) is 0 Å². The molecule has 0 bridgehead atoms. The summed E-state index contributed by atoms with van der Waals surface area (Å²) in [6, 6.07) is 7.79. The third-order valence-corrected chi connectivity index (χ3v) is 5.05. The van der Waals surface area contributed by atoms with Crippen molar-refractivity contribution in [3.63, 3.8) is 0 Å². The van der Waals surface area contributed by atoms with E-state index in [1.807, 2.05) is 24.3 Å². The lowest BCUT2D eigenvalue weighted by atomic mass is 9.89. The van der Waals surface area contributed by atoms with Gasteiger partial charge in [0, 0.05) is 19.4 Å². The number of rotatable bonds is 6. The number of nitrogens with one attached hydrogen (secondary N) is 1. The van der Waals surface area contributed by atoms with Crippen LogP contribution in [0.15, 0.2) is 24.3 Å². The van der Waals surface area contributed by atoms with E-state index in [2.05, 4.69) is 10.2 Å². The Labute approximate surface area is 152 Å². The van der Waals surface area contributed by atoms with Crippen molar-refractivity contribution in [2.24, 2.45) is 0 Å². The quantitative estimate of drug-likeness (QED) is 0.747. The molecule has 1 atom stereocenters. The zero-order valence-corrected chi connectivity index (χ0v) is 14.6. The molecule has 2 amide bonds. The van der Waals surface area contributed by atoms with Crippen LogP contribution in [-0.4, -0.2) is 53.5 Å². The Balaban J connectivity index is 1.50. The minimum absolute atomic E-state index is 0.192. The second-order valence-electron chi connectivity index (χ2n) is 6.89. The number of amides is 2. The van der Waals surface area contributed by atoms with E-state index in [4.69, 9.17) is 9.84 Å². The molecule has 26 heavy (non-hydrogen) atoms. The summed E-state index contributed by atoms with van der Waals surface area (Å²) in [5.74, 6) is -0.291. The zero-order chi connectivity index (χ0) is 18.5. The van der Waals surface area contributed by atoms with E-state index in [1.54, 1.807) is 0 Å². The van der Waals surface area contributed by atoms with Crippen LogP contribution >= 0.6 is 0 Å². The first-order valence-electron chi connectivity index (χ1n) is 9.06. The predicted molar refractivity (Wildman–Crippen MR) is 93.9 cm³/mol. The molecule has 140 valence electrons. The fourth-order valence-electron chi connectivity index (χ4n) is 3.51. The van der Waals surface area contributed by atoms with Gasteiger partial charge in [0.1, 0.15) is 5.75 Å². The Kier molecular flexibility index (Phi) is 5.88. The zero-order valence-electron chi connectivity index (χ0n) is 14.6. The van der Waals surface area contributed by atoms with Crippen molar-refractivity contribution in [2.45, 2.75) is 44.1 Å². The van der Waals surface area contributed by atoms with Gasteiger partial charge in [-0.05, 0) is 49.5 Å². The molecule has 0 spiro atoms. The summed E-state index contributed by atoms with van der Waals surface area (Å²) < 4.78 is 5.70. The second-order valence-corrected chi connectivity index (χ2v) is 6.89. The van der Waals surface area contributed by atoms with Gasteiger partial charge in [-0.2, -0.15) is 0 Å². The normalized spacial score (nSPS) is 22.1. The van der Waals surface area contributed by atoms with Crippen molar-refractivity contribution in [3.8, 4) is 5.75 Å². The van der Waals surface area contributed by atoms with Gasteiger partial charge in [-0.25, -0.2) is 0 Å². The first kappa shape index (κ1) is 18.4. The summed E-state index contributed by atoms with van der Waals surface area (Å²) in [5, 5.41) is 11.1. The molecule has 0 aliphatic carbocycles. The summed E-state index contributed by atoms with van der Waals surface area (Å²) in [6.45, 7) is 2.43. The van der Waals surface area contributed by atoms with Crippen LogP contribution in [0, 0.1) is 0 Å². The molecule has 2 heterocycles. The van der Waals surface area contributed by atoms with E-state index in [9.17, 15) is 14.4 Å². The van der Waals surface area contributed by atoms with Gasteiger partial charge in [-0.15, -0.1) is 0 Å². The van der Waals surface area contributed by atoms with Gasteiger partial charge in [-0.3, -0.25) is 19.7 Å². The Hall–Kier alpha value is -2.41. The number of carboxylic acid groups (broad SMARTS) is 1.